The van der Waals surface area contributed by atoms with E-state index < -0.39 is 5.97 Å². The number of amides is 1. The summed E-state index contributed by atoms with van der Waals surface area (Å²) in [6, 6.07) is 7.12. The normalized spacial score (nSPS) is 22.2. The average Bonchev–Trinajstić information content (AvgIpc) is 2.45. The molecule has 1 aliphatic carbocycles. The van der Waals surface area contributed by atoms with E-state index in [1.807, 2.05) is 12.1 Å². The van der Waals surface area contributed by atoms with Crippen LogP contribution in [0.3, 0.4) is 0 Å². The SMILES string of the molecule is O=C(NCC1CCCCC1C(=O)O)c1ccc(Br)cc1. The molecule has 2 rings (SSSR count). The highest BCUT2D eigenvalue weighted by Gasteiger charge is 2.30. The Bertz CT molecular complexity index is 486. The third-order valence-electron chi connectivity index (χ3n) is 3.86. The van der Waals surface area contributed by atoms with Crippen molar-refractivity contribution in [2.45, 2.75) is 25.7 Å². The molecule has 1 aromatic rings. The summed E-state index contributed by atoms with van der Waals surface area (Å²) in [6.45, 7) is 0.436. The summed E-state index contributed by atoms with van der Waals surface area (Å²) >= 11 is 3.32. The van der Waals surface area contributed by atoms with Crippen molar-refractivity contribution >= 4 is 27.8 Å². The summed E-state index contributed by atoms with van der Waals surface area (Å²) in [5.74, 6) is -1.17. The molecule has 0 spiro atoms. The van der Waals surface area contributed by atoms with Crippen LogP contribution in [0.15, 0.2) is 28.7 Å². The number of hydrogen-bond donors (Lipinski definition) is 2. The number of carbonyl (C=O) groups excluding carboxylic acids is 1. The van der Waals surface area contributed by atoms with Crippen LogP contribution in [0.4, 0.5) is 0 Å². The van der Waals surface area contributed by atoms with Gasteiger partial charge in [0, 0.05) is 16.6 Å². The minimum atomic E-state index is -0.743. The Balaban J connectivity index is 1.91. The third kappa shape index (κ3) is 3.82. The van der Waals surface area contributed by atoms with E-state index in [1.165, 1.54) is 0 Å². The lowest BCUT2D eigenvalue weighted by atomic mass is 9.79. The maximum Gasteiger partial charge on any atom is 0.306 e. The molecule has 0 radical (unpaired) electrons. The maximum absolute atomic E-state index is 12.0. The summed E-state index contributed by atoms with van der Waals surface area (Å²) < 4.78 is 0.923. The number of halogens is 1. The molecule has 1 amide bonds. The van der Waals surface area contributed by atoms with Gasteiger partial charge in [0.05, 0.1) is 5.92 Å². The smallest absolute Gasteiger partial charge is 0.306 e. The van der Waals surface area contributed by atoms with Gasteiger partial charge in [-0.05, 0) is 43.0 Å². The zero-order chi connectivity index (χ0) is 14.5. The first-order chi connectivity index (χ1) is 9.58. The summed E-state index contributed by atoms with van der Waals surface area (Å²) in [5, 5.41) is 12.1. The Hall–Kier alpha value is -1.36. The number of benzene rings is 1. The molecule has 1 aromatic carbocycles. The van der Waals surface area contributed by atoms with Crippen LogP contribution in [-0.4, -0.2) is 23.5 Å². The molecule has 0 heterocycles. The van der Waals surface area contributed by atoms with Gasteiger partial charge in [-0.25, -0.2) is 0 Å². The maximum atomic E-state index is 12.0. The largest absolute Gasteiger partial charge is 0.481 e. The van der Waals surface area contributed by atoms with E-state index in [9.17, 15) is 14.7 Å². The Morgan fingerprint density at radius 1 is 1.20 bits per heavy atom. The highest BCUT2D eigenvalue weighted by Crippen LogP contribution is 2.29. The number of carboxylic acid groups (broad SMARTS) is 1. The lowest BCUT2D eigenvalue weighted by molar-refractivity contribution is -0.144. The first-order valence-corrected chi connectivity index (χ1v) is 7.64. The van der Waals surface area contributed by atoms with Crippen LogP contribution in [0, 0.1) is 11.8 Å². The summed E-state index contributed by atoms with van der Waals surface area (Å²) in [6.07, 6.45) is 3.60. The molecule has 4 nitrogen and oxygen atoms in total. The monoisotopic (exact) mass is 339 g/mol. The topological polar surface area (TPSA) is 66.4 Å². The van der Waals surface area contributed by atoms with E-state index in [2.05, 4.69) is 21.2 Å². The van der Waals surface area contributed by atoms with Gasteiger partial charge in [0.2, 0.25) is 0 Å². The number of carboxylic acids is 1. The average molecular weight is 340 g/mol. The molecule has 2 unspecified atom stereocenters. The van der Waals surface area contributed by atoms with Crippen molar-refractivity contribution < 1.29 is 14.7 Å². The number of rotatable bonds is 4. The van der Waals surface area contributed by atoms with Crippen LogP contribution in [-0.2, 0) is 4.79 Å². The van der Waals surface area contributed by atoms with Crippen molar-refractivity contribution in [1.29, 1.82) is 0 Å². The van der Waals surface area contributed by atoms with E-state index >= 15 is 0 Å². The fourth-order valence-corrected chi connectivity index (χ4v) is 2.97. The number of aliphatic carboxylic acids is 1. The third-order valence-corrected chi connectivity index (χ3v) is 4.39. The van der Waals surface area contributed by atoms with Crippen molar-refractivity contribution in [3.63, 3.8) is 0 Å². The molecule has 0 saturated heterocycles. The second-order valence-corrected chi connectivity index (χ2v) is 6.12. The zero-order valence-corrected chi connectivity index (χ0v) is 12.7. The molecule has 2 atom stereocenters. The summed E-state index contributed by atoms with van der Waals surface area (Å²) in [4.78, 5) is 23.2. The Kier molecular flexibility index (Phi) is 5.17. The van der Waals surface area contributed by atoms with Crippen molar-refractivity contribution in [2.75, 3.05) is 6.54 Å². The minimum Gasteiger partial charge on any atom is -0.481 e. The van der Waals surface area contributed by atoms with Gasteiger partial charge in [0.15, 0.2) is 0 Å². The van der Waals surface area contributed by atoms with E-state index in [4.69, 9.17) is 0 Å². The van der Waals surface area contributed by atoms with Gasteiger partial charge in [-0.2, -0.15) is 0 Å². The summed E-state index contributed by atoms with van der Waals surface area (Å²) in [7, 11) is 0. The minimum absolute atomic E-state index is 0.0423. The van der Waals surface area contributed by atoms with Crippen LogP contribution in [0.1, 0.15) is 36.0 Å². The first kappa shape index (κ1) is 15.0. The molecule has 1 aliphatic rings. The van der Waals surface area contributed by atoms with Crippen LogP contribution in [0.25, 0.3) is 0 Å². The molecule has 1 fully saturated rings. The van der Waals surface area contributed by atoms with Gasteiger partial charge < -0.3 is 10.4 Å². The Morgan fingerprint density at radius 2 is 1.85 bits per heavy atom. The quantitative estimate of drug-likeness (QED) is 0.885. The molecule has 5 heteroatoms. The molecule has 1 saturated carbocycles. The van der Waals surface area contributed by atoms with Gasteiger partial charge >= 0.3 is 5.97 Å². The van der Waals surface area contributed by atoms with E-state index in [-0.39, 0.29) is 17.7 Å². The lowest BCUT2D eigenvalue weighted by Gasteiger charge is -2.28. The fraction of sp³-hybridized carbons (Fsp3) is 0.467. The standard InChI is InChI=1S/C15H18BrNO3/c16-12-7-5-10(6-8-12)14(18)17-9-11-3-1-2-4-13(11)15(19)20/h5-8,11,13H,1-4,9H2,(H,17,18)(H,19,20). The molecule has 108 valence electrons. The van der Waals surface area contributed by atoms with Gasteiger partial charge in [-0.1, -0.05) is 28.8 Å². The van der Waals surface area contributed by atoms with Crippen LogP contribution >= 0.6 is 15.9 Å². The first-order valence-electron chi connectivity index (χ1n) is 6.84. The predicted octanol–water partition coefficient (Wildman–Crippen LogP) is 3.07. The van der Waals surface area contributed by atoms with Gasteiger partial charge in [0.1, 0.15) is 0 Å². The van der Waals surface area contributed by atoms with E-state index in [1.54, 1.807) is 12.1 Å². The van der Waals surface area contributed by atoms with Crippen molar-refractivity contribution in [3.05, 3.63) is 34.3 Å². The Morgan fingerprint density at radius 3 is 2.50 bits per heavy atom. The predicted molar refractivity (Wildman–Crippen MR) is 79.6 cm³/mol. The number of carbonyl (C=O) groups is 2. The molecule has 2 N–H and O–H groups in total. The second kappa shape index (κ2) is 6.88. The second-order valence-electron chi connectivity index (χ2n) is 5.21. The summed E-state index contributed by atoms with van der Waals surface area (Å²) in [5.41, 5.74) is 0.593. The molecular formula is C15H18BrNO3. The van der Waals surface area contributed by atoms with Crippen molar-refractivity contribution in [2.24, 2.45) is 11.8 Å². The lowest BCUT2D eigenvalue weighted by Crippen LogP contribution is -2.37. The molecule has 0 aliphatic heterocycles. The molecule has 0 aromatic heterocycles. The van der Waals surface area contributed by atoms with Crippen LogP contribution in [0.2, 0.25) is 0 Å². The van der Waals surface area contributed by atoms with Gasteiger partial charge in [0.25, 0.3) is 5.91 Å². The number of nitrogens with one attached hydrogen (secondary N) is 1. The van der Waals surface area contributed by atoms with E-state index in [0.29, 0.717) is 18.5 Å². The molecule has 0 bridgehead atoms. The van der Waals surface area contributed by atoms with E-state index in [0.717, 1.165) is 23.7 Å². The zero-order valence-electron chi connectivity index (χ0n) is 11.1. The van der Waals surface area contributed by atoms with Crippen molar-refractivity contribution in [1.82, 2.24) is 5.32 Å². The highest BCUT2D eigenvalue weighted by molar-refractivity contribution is 9.10. The van der Waals surface area contributed by atoms with Gasteiger partial charge in [-0.3, -0.25) is 9.59 Å². The Labute approximate surface area is 126 Å². The molecular weight excluding hydrogens is 322 g/mol. The highest BCUT2D eigenvalue weighted by atomic mass is 79.9. The van der Waals surface area contributed by atoms with Crippen LogP contribution in [0.5, 0.6) is 0 Å². The molecule has 20 heavy (non-hydrogen) atoms. The van der Waals surface area contributed by atoms with Crippen molar-refractivity contribution in [3.8, 4) is 0 Å². The number of hydrogen-bond acceptors (Lipinski definition) is 2. The van der Waals surface area contributed by atoms with Gasteiger partial charge in [-0.15, -0.1) is 0 Å². The fourth-order valence-electron chi connectivity index (χ4n) is 2.70. The van der Waals surface area contributed by atoms with Crippen LogP contribution < -0.4 is 5.32 Å².